The molecule has 0 spiro atoms. The summed E-state index contributed by atoms with van der Waals surface area (Å²) in [5.41, 5.74) is 15.2. The van der Waals surface area contributed by atoms with Crippen molar-refractivity contribution in [3.05, 3.63) is 224 Å². The van der Waals surface area contributed by atoms with Crippen LogP contribution in [0, 0.1) is 0 Å². The molecule has 63 heavy (non-hydrogen) atoms. The normalized spacial score (nSPS) is 11.8. The number of aromatic nitrogens is 5. The van der Waals surface area contributed by atoms with Crippen molar-refractivity contribution in [3.8, 4) is 50.8 Å². The van der Waals surface area contributed by atoms with Crippen LogP contribution in [0.4, 0.5) is 0 Å². The van der Waals surface area contributed by atoms with Gasteiger partial charge in [-0.2, -0.15) is 0 Å². The van der Waals surface area contributed by atoms with Gasteiger partial charge < -0.3 is 9.13 Å². The lowest BCUT2D eigenvalue weighted by atomic mass is 9.96. The van der Waals surface area contributed by atoms with E-state index in [0.29, 0.717) is 5.82 Å². The number of rotatable bonds is 6. The Hall–Kier alpha value is -8.54. The summed E-state index contributed by atoms with van der Waals surface area (Å²) in [7, 11) is 0. The van der Waals surface area contributed by atoms with Gasteiger partial charge in [0.15, 0.2) is 5.82 Å². The molecule has 13 aromatic rings. The average molecular weight is 804 g/mol. The van der Waals surface area contributed by atoms with Crippen LogP contribution in [0.3, 0.4) is 0 Å². The van der Waals surface area contributed by atoms with Gasteiger partial charge in [-0.25, -0.2) is 9.97 Å². The maximum absolute atomic E-state index is 5.45. The van der Waals surface area contributed by atoms with Crippen molar-refractivity contribution in [1.82, 2.24) is 23.7 Å². The standard InChI is InChI=1S/C58H37N5/c1-4-18-38(19-5-1)57-59-56(55-47-28-12-15-32-51(47)63(58(55)60-57)42-24-8-3-9-25-42)40-21-16-20-39(36-40)44-29-17-33-53-54(44)48-37-43(34-35-52(48)61(53)41-22-6-2-7-23-41)62-49-30-13-10-26-45(49)46-27-11-14-31-50(46)62/h1-37H. The van der Waals surface area contributed by atoms with Gasteiger partial charge in [0, 0.05) is 55.1 Å². The van der Waals surface area contributed by atoms with Crippen LogP contribution in [0.1, 0.15) is 0 Å². The fourth-order valence-electron chi connectivity index (χ4n) is 9.94. The Morgan fingerprint density at radius 2 is 0.794 bits per heavy atom. The topological polar surface area (TPSA) is 40.6 Å². The monoisotopic (exact) mass is 803 g/mol. The molecule has 0 aliphatic carbocycles. The second-order valence-corrected chi connectivity index (χ2v) is 16.2. The number of benzene rings is 9. The summed E-state index contributed by atoms with van der Waals surface area (Å²) in [6, 6.07) is 80.2. The van der Waals surface area contributed by atoms with Crippen LogP contribution in [0.25, 0.3) is 116 Å². The predicted octanol–water partition coefficient (Wildman–Crippen LogP) is 14.8. The van der Waals surface area contributed by atoms with Gasteiger partial charge in [-0.05, 0) is 83.9 Å². The highest BCUT2D eigenvalue weighted by Crippen LogP contribution is 2.43. The predicted molar refractivity (Wildman–Crippen MR) is 261 cm³/mol. The Bertz CT molecular complexity index is 3840. The van der Waals surface area contributed by atoms with Gasteiger partial charge in [0.2, 0.25) is 0 Å². The minimum absolute atomic E-state index is 0.689. The van der Waals surface area contributed by atoms with E-state index in [-0.39, 0.29) is 0 Å². The van der Waals surface area contributed by atoms with Crippen molar-refractivity contribution in [2.75, 3.05) is 0 Å². The third kappa shape index (κ3) is 5.43. The van der Waals surface area contributed by atoms with Crippen molar-refractivity contribution in [3.63, 3.8) is 0 Å². The van der Waals surface area contributed by atoms with E-state index in [0.717, 1.165) is 78.0 Å². The van der Waals surface area contributed by atoms with Crippen LogP contribution >= 0.6 is 0 Å². The lowest BCUT2D eigenvalue weighted by Gasteiger charge is -2.12. The molecule has 0 bridgehead atoms. The molecular weight excluding hydrogens is 767 g/mol. The number of hydrogen-bond acceptors (Lipinski definition) is 2. The second kappa shape index (κ2) is 14.0. The third-order valence-corrected chi connectivity index (χ3v) is 12.6. The van der Waals surface area contributed by atoms with Gasteiger partial charge in [0.05, 0.1) is 38.7 Å². The smallest absolute Gasteiger partial charge is 0.162 e. The first-order valence-electron chi connectivity index (χ1n) is 21.4. The Morgan fingerprint density at radius 3 is 1.49 bits per heavy atom. The quantitative estimate of drug-likeness (QED) is 0.168. The van der Waals surface area contributed by atoms with Crippen LogP contribution in [0.5, 0.6) is 0 Å². The highest BCUT2D eigenvalue weighted by atomic mass is 15.1. The highest BCUT2D eigenvalue weighted by Gasteiger charge is 2.23. The van der Waals surface area contributed by atoms with Crippen LogP contribution in [-0.4, -0.2) is 23.7 Å². The molecule has 0 amide bonds. The molecule has 9 aromatic carbocycles. The van der Waals surface area contributed by atoms with Gasteiger partial charge in [-0.15, -0.1) is 0 Å². The molecule has 0 unspecified atom stereocenters. The Morgan fingerprint density at radius 1 is 0.286 bits per heavy atom. The van der Waals surface area contributed by atoms with E-state index in [1.807, 2.05) is 6.07 Å². The molecule has 0 radical (unpaired) electrons. The van der Waals surface area contributed by atoms with Crippen molar-refractivity contribution in [2.24, 2.45) is 0 Å². The molecule has 294 valence electrons. The van der Waals surface area contributed by atoms with Gasteiger partial charge in [-0.3, -0.25) is 4.57 Å². The van der Waals surface area contributed by atoms with E-state index < -0.39 is 0 Å². The summed E-state index contributed by atoms with van der Waals surface area (Å²) in [5, 5.41) is 7.03. The molecule has 4 aromatic heterocycles. The van der Waals surface area contributed by atoms with Gasteiger partial charge in [-0.1, -0.05) is 152 Å². The van der Waals surface area contributed by atoms with Crippen LogP contribution in [0.15, 0.2) is 224 Å². The molecule has 5 nitrogen and oxygen atoms in total. The Kier molecular flexibility index (Phi) is 7.84. The Labute approximate surface area is 363 Å². The lowest BCUT2D eigenvalue weighted by Crippen LogP contribution is -1.99. The largest absolute Gasteiger partial charge is 0.309 e. The third-order valence-electron chi connectivity index (χ3n) is 12.6. The van der Waals surface area contributed by atoms with Crippen molar-refractivity contribution in [1.29, 1.82) is 0 Å². The van der Waals surface area contributed by atoms with Gasteiger partial charge in [0.25, 0.3) is 0 Å². The molecule has 0 N–H and O–H groups in total. The molecule has 0 aliphatic heterocycles. The minimum Gasteiger partial charge on any atom is -0.309 e. The molecule has 0 saturated carbocycles. The van der Waals surface area contributed by atoms with Gasteiger partial charge in [0.1, 0.15) is 5.65 Å². The number of fused-ring (bicyclic) bond motifs is 9. The van der Waals surface area contributed by atoms with Gasteiger partial charge >= 0.3 is 0 Å². The number of hydrogen-bond donors (Lipinski definition) is 0. The number of nitrogens with zero attached hydrogens (tertiary/aromatic N) is 5. The van der Waals surface area contributed by atoms with E-state index >= 15 is 0 Å². The highest BCUT2D eigenvalue weighted by molar-refractivity contribution is 6.18. The molecule has 5 heteroatoms. The molecule has 0 fully saturated rings. The molecule has 13 rings (SSSR count). The summed E-state index contributed by atoms with van der Waals surface area (Å²) < 4.78 is 7.10. The molecule has 0 atom stereocenters. The average Bonchev–Trinajstić information content (AvgIpc) is 4.00. The van der Waals surface area contributed by atoms with Crippen molar-refractivity contribution in [2.45, 2.75) is 0 Å². The summed E-state index contributed by atoms with van der Waals surface area (Å²) in [5.74, 6) is 0.689. The fraction of sp³-hybridized carbons (Fsp3) is 0. The van der Waals surface area contributed by atoms with Crippen LogP contribution < -0.4 is 0 Å². The fourth-order valence-corrected chi connectivity index (χ4v) is 9.94. The van der Waals surface area contributed by atoms with E-state index in [4.69, 9.17) is 9.97 Å². The summed E-state index contributed by atoms with van der Waals surface area (Å²) in [6.45, 7) is 0. The van der Waals surface area contributed by atoms with E-state index in [1.54, 1.807) is 0 Å². The van der Waals surface area contributed by atoms with Crippen molar-refractivity contribution >= 4 is 65.5 Å². The Balaban J connectivity index is 1.08. The summed E-state index contributed by atoms with van der Waals surface area (Å²) >= 11 is 0. The van der Waals surface area contributed by atoms with E-state index in [2.05, 4.69) is 232 Å². The second-order valence-electron chi connectivity index (χ2n) is 16.2. The molecule has 0 saturated heterocycles. The van der Waals surface area contributed by atoms with Crippen LogP contribution in [0.2, 0.25) is 0 Å². The van der Waals surface area contributed by atoms with E-state index in [1.165, 1.54) is 32.6 Å². The molecular formula is C58H37N5. The van der Waals surface area contributed by atoms with E-state index in [9.17, 15) is 0 Å². The number of para-hydroxylation sites is 5. The maximum Gasteiger partial charge on any atom is 0.162 e. The molecule has 4 heterocycles. The zero-order valence-corrected chi connectivity index (χ0v) is 34.1. The maximum atomic E-state index is 5.45. The lowest BCUT2D eigenvalue weighted by molar-refractivity contribution is 1.11. The first-order chi connectivity index (χ1) is 31.3. The zero-order chi connectivity index (χ0) is 41.4. The first kappa shape index (κ1) is 35.2. The summed E-state index contributed by atoms with van der Waals surface area (Å²) in [4.78, 5) is 10.8. The SMILES string of the molecule is c1ccc(-c2nc(-c3cccc(-c4cccc5c4c4cc(-n6c7ccccc7c7ccccc76)ccc4n5-c4ccccc4)c3)c3c4ccccc4n(-c4ccccc4)c3n2)cc1. The zero-order valence-electron chi connectivity index (χ0n) is 34.1. The van der Waals surface area contributed by atoms with Crippen LogP contribution in [-0.2, 0) is 0 Å². The first-order valence-corrected chi connectivity index (χ1v) is 21.4. The molecule has 0 aliphatic rings. The van der Waals surface area contributed by atoms with Crippen molar-refractivity contribution < 1.29 is 0 Å². The minimum atomic E-state index is 0.689. The summed E-state index contributed by atoms with van der Waals surface area (Å²) in [6.07, 6.45) is 0.